The van der Waals surface area contributed by atoms with Crippen molar-refractivity contribution in [1.29, 1.82) is 0 Å². The van der Waals surface area contributed by atoms with Gasteiger partial charge in [0.25, 0.3) is 5.91 Å². The fourth-order valence-electron chi connectivity index (χ4n) is 4.22. The summed E-state index contributed by atoms with van der Waals surface area (Å²) in [5, 5.41) is 7.79. The fourth-order valence-corrected chi connectivity index (χ4v) is 4.22. The predicted octanol–water partition coefficient (Wildman–Crippen LogP) is 4.75. The molecule has 0 saturated heterocycles. The molecule has 1 N–H and O–H groups in total. The van der Waals surface area contributed by atoms with Crippen LogP contribution in [0.15, 0.2) is 59.3 Å². The summed E-state index contributed by atoms with van der Waals surface area (Å²) in [5.74, 6) is 1.46. The number of carbonyl (C=O) groups excluding carboxylic acids is 1. The summed E-state index contributed by atoms with van der Waals surface area (Å²) in [6.45, 7) is 2.26. The standard InChI is InChI=1S/C23H24N4O2/c1-16-9-10-18(29-16)15-24-23(28)19-14-22(26-12-5-4-8-21(19)26)20-11-13-27(25-20)17-6-2-3-7-17/h4-5,8-14,17H,2-3,6-7,15H2,1H3,(H,24,28). The maximum atomic E-state index is 12.9. The first-order chi connectivity index (χ1) is 14.2. The number of hydrogen-bond acceptors (Lipinski definition) is 3. The van der Waals surface area contributed by atoms with Crippen molar-refractivity contribution in [3.05, 3.63) is 71.9 Å². The van der Waals surface area contributed by atoms with E-state index in [9.17, 15) is 4.79 Å². The third kappa shape index (κ3) is 3.35. The number of rotatable bonds is 5. The Bertz CT molecular complexity index is 1160. The fraction of sp³-hybridized carbons (Fsp3) is 0.304. The number of aromatic nitrogens is 3. The summed E-state index contributed by atoms with van der Waals surface area (Å²) in [7, 11) is 0. The van der Waals surface area contributed by atoms with Crippen LogP contribution in [0.1, 0.15) is 53.6 Å². The van der Waals surface area contributed by atoms with Crippen molar-refractivity contribution >= 4 is 11.4 Å². The number of nitrogens with zero attached hydrogens (tertiary/aromatic N) is 3. The molecule has 1 aliphatic carbocycles. The van der Waals surface area contributed by atoms with Crippen LogP contribution in [0.3, 0.4) is 0 Å². The number of fused-ring (bicyclic) bond motifs is 1. The number of hydrogen-bond donors (Lipinski definition) is 1. The van der Waals surface area contributed by atoms with Gasteiger partial charge in [-0.15, -0.1) is 0 Å². The highest BCUT2D eigenvalue weighted by Crippen LogP contribution is 2.31. The smallest absolute Gasteiger partial charge is 0.253 e. The number of pyridine rings is 1. The van der Waals surface area contributed by atoms with E-state index in [0.29, 0.717) is 18.2 Å². The predicted molar refractivity (Wildman–Crippen MR) is 111 cm³/mol. The van der Waals surface area contributed by atoms with Crippen LogP contribution in [-0.4, -0.2) is 20.1 Å². The average molecular weight is 388 g/mol. The Morgan fingerprint density at radius 3 is 2.83 bits per heavy atom. The number of aryl methyl sites for hydroxylation is 1. The molecule has 0 aliphatic heterocycles. The molecule has 4 heterocycles. The van der Waals surface area contributed by atoms with Gasteiger partial charge in [-0.05, 0) is 56.2 Å². The summed E-state index contributed by atoms with van der Waals surface area (Å²) in [4.78, 5) is 12.9. The Morgan fingerprint density at radius 2 is 2.03 bits per heavy atom. The zero-order valence-electron chi connectivity index (χ0n) is 16.5. The van der Waals surface area contributed by atoms with E-state index < -0.39 is 0 Å². The van der Waals surface area contributed by atoms with Crippen molar-refractivity contribution in [2.75, 3.05) is 0 Å². The van der Waals surface area contributed by atoms with Gasteiger partial charge in [-0.25, -0.2) is 0 Å². The number of nitrogens with one attached hydrogen (secondary N) is 1. The second-order valence-corrected chi connectivity index (χ2v) is 7.71. The highest BCUT2D eigenvalue weighted by molar-refractivity contribution is 6.02. The molecule has 1 amide bonds. The molecular formula is C23H24N4O2. The molecule has 4 aromatic heterocycles. The van der Waals surface area contributed by atoms with Crippen LogP contribution < -0.4 is 5.32 Å². The zero-order valence-corrected chi connectivity index (χ0v) is 16.5. The Labute approximate surface area is 169 Å². The molecule has 0 atom stereocenters. The lowest BCUT2D eigenvalue weighted by atomic mass is 10.2. The van der Waals surface area contributed by atoms with Gasteiger partial charge in [-0.3, -0.25) is 9.48 Å². The van der Waals surface area contributed by atoms with Gasteiger partial charge in [0.15, 0.2) is 0 Å². The molecule has 0 spiro atoms. The molecule has 1 saturated carbocycles. The molecule has 29 heavy (non-hydrogen) atoms. The largest absolute Gasteiger partial charge is 0.465 e. The molecule has 5 rings (SSSR count). The van der Waals surface area contributed by atoms with E-state index in [1.165, 1.54) is 25.7 Å². The summed E-state index contributed by atoms with van der Waals surface area (Å²) < 4.78 is 9.67. The normalized spacial score (nSPS) is 14.7. The van der Waals surface area contributed by atoms with Crippen LogP contribution in [0.25, 0.3) is 16.9 Å². The Kier molecular flexibility index (Phi) is 4.46. The van der Waals surface area contributed by atoms with Gasteiger partial charge in [0, 0.05) is 12.4 Å². The van der Waals surface area contributed by atoms with Gasteiger partial charge in [0.1, 0.15) is 17.2 Å². The lowest BCUT2D eigenvalue weighted by Gasteiger charge is -2.08. The first kappa shape index (κ1) is 17.8. The van der Waals surface area contributed by atoms with Crippen LogP contribution in [-0.2, 0) is 6.54 Å². The molecule has 0 bridgehead atoms. The monoisotopic (exact) mass is 388 g/mol. The van der Waals surface area contributed by atoms with Gasteiger partial charge < -0.3 is 14.1 Å². The van der Waals surface area contributed by atoms with Crippen molar-refractivity contribution in [1.82, 2.24) is 19.5 Å². The number of furan rings is 1. The molecule has 1 aliphatic rings. The van der Waals surface area contributed by atoms with Gasteiger partial charge in [0.2, 0.25) is 0 Å². The minimum Gasteiger partial charge on any atom is -0.465 e. The average Bonchev–Trinajstić information content (AvgIpc) is 3.51. The van der Waals surface area contributed by atoms with E-state index in [1.807, 2.05) is 60.0 Å². The summed E-state index contributed by atoms with van der Waals surface area (Å²) in [6, 6.07) is 14.1. The van der Waals surface area contributed by atoms with Crippen LogP contribution in [0.5, 0.6) is 0 Å². The molecule has 0 radical (unpaired) electrons. The first-order valence-corrected chi connectivity index (χ1v) is 10.2. The maximum absolute atomic E-state index is 12.9. The van der Waals surface area contributed by atoms with Gasteiger partial charge in [-0.1, -0.05) is 18.9 Å². The lowest BCUT2D eigenvalue weighted by Crippen LogP contribution is -2.22. The SMILES string of the molecule is Cc1ccc(CNC(=O)c2cc(-c3ccn(C4CCCC4)n3)n3ccccc23)o1. The van der Waals surface area contributed by atoms with Gasteiger partial charge >= 0.3 is 0 Å². The van der Waals surface area contributed by atoms with Gasteiger partial charge in [0.05, 0.1) is 29.4 Å². The number of amides is 1. The van der Waals surface area contributed by atoms with Crippen molar-refractivity contribution < 1.29 is 9.21 Å². The highest BCUT2D eigenvalue weighted by atomic mass is 16.3. The van der Waals surface area contributed by atoms with Crippen molar-refractivity contribution in [3.63, 3.8) is 0 Å². The molecule has 0 aromatic carbocycles. The quantitative estimate of drug-likeness (QED) is 0.537. The maximum Gasteiger partial charge on any atom is 0.253 e. The van der Waals surface area contributed by atoms with Crippen molar-refractivity contribution in [2.45, 2.75) is 45.2 Å². The van der Waals surface area contributed by atoms with E-state index in [0.717, 1.165) is 28.4 Å². The van der Waals surface area contributed by atoms with E-state index in [1.54, 1.807) is 0 Å². The highest BCUT2D eigenvalue weighted by Gasteiger charge is 2.21. The second-order valence-electron chi connectivity index (χ2n) is 7.71. The zero-order chi connectivity index (χ0) is 19.8. The lowest BCUT2D eigenvalue weighted by molar-refractivity contribution is 0.0949. The first-order valence-electron chi connectivity index (χ1n) is 10.2. The van der Waals surface area contributed by atoms with Crippen LogP contribution >= 0.6 is 0 Å². The van der Waals surface area contributed by atoms with E-state index in [4.69, 9.17) is 9.52 Å². The molecule has 0 unspecified atom stereocenters. The van der Waals surface area contributed by atoms with E-state index in [-0.39, 0.29) is 5.91 Å². The second kappa shape index (κ2) is 7.28. The summed E-state index contributed by atoms with van der Waals surface area (Å²) >= 11 is 0. The minimum atomic E-state index is -0.121. The van der Waals surface area contributed by atoms with Crippen molar-refractivity contribution in [3.8, 4) is 11.4 Å². The summed E-state index contributed by atoms with van der Waals surface area (Å²) in [6.07, 6.45) is 8.96. The minimum absolute atomic E-state index is 0.121. The van der Waals surface area contributed by atoms with E-state index >= 15 is 0 Å². The molecule has 148 valence electrons. The van der Waals surface area contributed by atoms with Crippen molar-refractivity contribution in [2.24, 2.45) is 0 Å². The Hall–Kier alpha value is -3.28. The third-order valence-electron chi connectivity index (χ3n) is 5.71. The molecule has 6 nitrogen and oxygen atoms in total. The topological polar surface area (TPSA) is 64.5 Å². The third-order valence-corrected chi connectivity index (χ3v) is 5.71. The van der Waals surface area contributed by atoms with E-state index in [2.05, 4.69) is 16.2 Å². The Morgan fingerprint density at radius 1 is 1.17 bits per heavy atom. The summed E-state index contributed by atoms with van der Waals surface area (Å²) in [5.41, 5.74) is 3.32. The van der Waals surface area contributed by atoms with Crippen LogP contribution in [0, 0.1) is 6.92 Å². The van der Waals surface area contributed by atoms with Crippen LogP contribution in [0.4, 0.5) is 0 Å². The molecule has 4 aromatic rings. The number of carbonyl (C=O) groups is 1. The molecule has 1 fully saturated rings. The molecule has 6 heteroatoms. The van der Waals surface area contributed by atoms with Crippen LogP contribution in [0.2, 0.25) is 0 Å². The molecular weight excluding hydrogens is 364 g/mol. The van der Waals surface area contributed by atoms with Gasteiger partial charge in [-0.2, -0.15) is 5.10 Å². The Balaban J connectivity index is 1.45.